The van der Waals surface area contributed by atoms with E-state index in [0.29, 0.717) is 55.2 Å². The Bertz CT molecular complexity index is 1070. The molecule has 0 spiro atoms. The van der Waals surface area contributed by atoms with Crippen molar-refractivity contribution in [2.24, 2.45) is 0 Å². The SMILES string of the molecule is COc1ncc2cc1S(=O)(=O)NCCCCN(C)C(=O)c1ccc3c(c1)N2CCO3. The van der Waals surface area contributed by atoms with Gasteiger partial charge in [0.25, 0.3) is 5.91 Å². The summed E-state index contributed by atoms with van der Waals surface area (Å²) in [5.41, 5.74) is 1.82. The minimum atomic E-state index is -3.82. The zero-order valence-corrected chi connectivity index (χ0v) is 17.7. The summed E-state index contributed by atoms with van der Waals surface area (Å²) in [5, 5.41) is 0. The number of anilines is 2. The van der Waals surface area contributed by atoms with Crippen molar-refractivity contribution in [3.05, 3.63) is 36.0 Å². The van der Waals surface area contributed by atoms with Crippen LogP contribution < -0.4 is 19.1 Å². The fourth-order valence-corrected chi connectivity index (χ4v) is 4.82. The molecule has 0 saturated heterocycles. The van der Waals surface area contributed by atoms with Crippen molar-refractivity contribution < 1.29 is 22.7 Å². The van der Waals surface area contributed by atoms with Gasteiger partial charge in [0.2, 0.25) is 15.9 Å². The van der Waals surface area contributed by atoms with Crippen LogP contribution in [0.4, 0.5) is 11.4 Å². The third-order valence-corrected chi connectivity index (χ3v) is 6.68. The highest BCUT2D eigenvalue weighted by atomic mass is 32.2. The fourth-order valence-electron chi connectivity index (χ4n) is 3.61. The Morgan fingerprint density at radius 2 is 2.03 bits per heavy atom. The van der Waals surface area contributed by atoms with Gasteiger partial charge < -0.3 is 19.3 Å². The van der Waals surface area contributed by atoms with Crippen molar-refractivity contribution in [2.75, 3.05) is 45.3 Å². The molecule has 2 aromatic rings. The summed E-state index contributed by atoms with van der Waals surface area (Å²) in [6, 6.07) is 6.85. The summed E-state index contributed by atoms with van der Waals surface area (Å²) in [7, 11) is -0.680. The molecule has 2 aliphatic rings. The van der Waals surface area contributed by atoms with Crippen LogP contribution in [-0.2, 0) is 10.0 Å². The van der Waals surface area contributed by atoms with Crippen molar-refractivity contribution >= 4 is 27.3 Å². The standard InChI is InChI=1S/C20H24N4O5S/c1-23-8-4-3-7-22-30(26,27)18-12-15(13-21-19(18)28-2)24-9-10-29-17-6-5-14(20(23)25)11-16(17)24/h5-6,11-13,22H,3-4,7-10H2,1-2H3. The van der Waals surface area contributed by atoms with E-state index in [2.05, 4.69) is 9.71 Å². The van der Waals surface area contributed by atoms with Crippen LogP contribution in [-0.4, -0.2) is 64.6 Å². The smallest absolute Gasteiger partial charge is 0.253 e. The molecule has 1 amide bonds. The van der Waals surface area contributed by atoms with E-state index in [1.54, 1.807) is 42.4 Å². The van der Waals surface area contributed by atoms with Crippen molar-refractivity contribution in [3.63, 3.8) is 0 Å². The third kappa shape index (κ3) is 3.80. The zero-order chi connectivity index (χ0) is 21.3. The van der Waals surface area contributed by atoms with Crippen molar-refractivity contribution in [2.45, 2.75) is 17.7 Å². The van der Waals surface area contributed by atoms with Crippen LogP contribution >= 0.6 is 0 Å². The molecule has 3 heterocycles. The van der Waals surface area contributed by atoms with E-state index in [-0.39, 0.29) is 23.2 Å². The molecule has 1 aromatic heterocycles. The monoisotopic (exact) mass is 432 g/mol. The molecule has 0 radical (unpaired) electrons. The van der Waals surface area contributed by atoms with Gasteiger partial charge in [-0.05, 0) is 37.1 Å². The number of amides is 1. The maximum absolute atomic E-state index is 12.9. The molecule has 0 atom stereocenters. The average Bonchev–Trinajstić information content (AvgIpc) is 2.76. The van der Waals surface area contributed by atoms with E-state index in [1.165, 1.54) is 7.11 Å². The Balaban J connectivity index is 1.87. The lowest BCUT2D eigenvalue weighted by molar-refractivity contribution is 0.0793. The van der Waals surface area contributed by atoms with Gasteiger partial charge in [0.05, 0.1) is 31.2 Å². The minimum Gasteiger partial charge on any atom is -0.490 e. The Morgan fingerprint density at radius 1 is 1.20 bits per heavy atom. The van der Waals surface area contributed by atoms with Crippen LogP contribution in [0, 0.1) is 0 Å². The zero-order valence-electron chi connectivity index (χ0n) is 16.9. The number of methoxy groups -OCH3 is 1. The number of sulfonamides is 1. The van der Waals surface area contributed by atoms with Crippen LogP contribution in [0.2, 0.25) is 0 Å². The largest absolute Gasteiger partial charge is 0.490 e. The molecule has 4 bridgehead atoms. The Hall–Kier alpha value is -2.85. The van der Waals surface area contributed by atoms with E-state index < -0.39 is 10.0 Å². The third-order valence-electron chi connectivity index (χ3n) is 5.23. The first kappa shape index (κ1) is 20.4. The summed E-state index contributed by atoms with van der Waals surface area (Å²) < 4.78 is 39.4. The number of ether oxygens (including phenoxy) is 2. The number of hydrogen-bond acceptors (Lipinski definition) is 7. The molecule has 0 aliphatic carbocycles. The Kier molecular flexibility index (Phi) is 5.52. The number of benzene rings is 1. The molecule has 0 saturated carbocycles. The van der Waals surface area contributed by atoms with Gasteiger partial charge in [0.1, 0.15) is 17.3 Å². The van der Waals surface area contributed by atoms with Gasteiger partial charge in [0.15, 0.2) is 0 Å². The second kappa shape index (κ2) is 8.11. The molecule has 0 unspecified atom stereocenters. The predicted octanol–water partition coefficient (Wildman–Crippen LogP) is 1.76. The second-order valence-electron chi connectivity index (χ2n) is 7.22. The maximum Gasteiger partial charge on any atom is 0.253 e. The van der Waals surface area contributed by atoms with E-state index in [1.807, 2.05) is 4.90 Å². The highest BCUT2D eigenvalue weighted by Gasteiger charge is 2.27. The Morgan fingerprint density at radius 3 is 2.83 bits per heavy atom. The topological polar surface area (TPSA) is 101 Å². The highest BCUT2D eigenvalue weighted by molar-refractivity contribution is 7.89. The highest BCUT2D eigenvalue weighted by Crippen LogP contribution is 2.39. The van der Waals surface area contributed by atoms with E-state index in [0.717, 1.165) is 0 Å². The fraction of sp³-hybridized carbons (Fsp3) is 0.400. The first-order valence-corrected chi connectivity index (χ1v) is 11.2. The maximum atomic E-state index is 12.9. The molecule has 0 fully saturated rings. The number of fused-ring (bicyclic) bond motifs is 4. The van der Waals surface area contributed by atoms with Crippen LogP contribution in [0.25, 0.3) is 0 Å². The average molecular weight is 433 g/mol. The van der Waals surface area contributed by atoms with Gasteiger partial charge in [-0.3, -0.25) is 4.79 Å². The molecule has 4 rings (SSSR count). The number of carbonyl (C=O) groups excluding carboxylic acids is 1. The van der Waals surface area contributed by atoms with Gasteiger partial charge in [-0.1, -0.05) is 0 Å². The normalized spacial score (nSPS) is 18.8. The summed E-state index contributed by atoms with van der Waals surface area (Å²) >= 11 is 0. The number of hydrogen-bond donors (Lipinski definition) is 1. The summed E-state index contributed by atoms with van der Waals surface area (Å²) in [6.07, 6.45) is 2.82. The molecule has 2 aliphatic heterocycles. The predicted molar refractivity (Wildman–Crippen MR) is 111 cm³/mol. The molecule has 10 heteroatoms. The van der Waals surface area contributed by atoms with Gasteiger partial charge in [-0.25, -0.2) is 18.1 Å². The molecule has 9 nitrogen and oxygen atoms in total. The quantitative estimate of drug-likeness (QED) is 0.733. The number of nitrogens with zero attached hydrogens (tertiary/aromatic N) is 3. The van der Waals surface area contributed by atoms with Crippen molar-refractivity contribution in [1.29, 1.82) is 0 Å². The number of carbonyl (C=O) groups is 1. The molecular weight excluding hydrogens is 408 g/mol. The van der Waals surface area contributed by atoms with Crippen LogP contribution in [0.3, 0.4) is 0 Å². The minimum absolute atomic E-state index is 0.0187. The van der Waals surface area contributed by atoms with Crippen molar-refractivity contribution in [3.8, 4) is 11.6 Å². The molecule has 160 valence electrons. The van der Waals surface area contributed by atoms with Crippen LogP contribution in [0.15, 0.2) is 35.4 Å². The molecule has 1 aromatic carbocycles. The molecular formula is C20H24N4O5S. The van der Waals surface area contributed by atoms with Gasteiger partial charge >= 0.3 is 0 Å². The molecule has 30 heavy (non-hydrogen) atoms. The summed E-state index contributed by atoms with van der Waals surface area (Å²) in [5.74, 6) is 0.572. The van der Waals surface area contributed by atoms with E-state index in [9.17, 15) is 13.2 Å². The summed E-state index contributed by atoms with van der Waals surface area (Å²) in [4.78, 5) is 20.6. The van der Waals surface area contributed by atoms with Gasteiger partial charge in [-0.2, -0.15) is 0 Å². The number of pyridine rings is 1. The van der Waals surface area contributed by atoms with Crippen molar-refractivity contribution in [1.82, 2.24) is 14.6 Å². The van der Waals surface area contributed by atoms with Gasteiger partial charge in [0, 0.05) is 25.7 Å². The van der Waals surface area contributed by atoms with Gasteiger partial charge in [-0.15, -0.1) is 0 Å². The first-order valence-electron chi connectivity index (χ1n) is 9.74. The second-order valence-corrected chi connectivity index (χ2v) is 8.95. The Labute approximate surface area is 175 Å². The first-order chi connectivity index (χ1) is 14.4. The molecule has 1 N–H and O–H groups in total. The number of rotatable bonds is 1. The van der Waals surface area contributed by atoms with E-state index in [4.69, 9.17) is 9.47 Å². The van der Waals surface area contributed by atoms with Crippen LogP contribution in [0.1, 0.15) is 23.2 Å². The summed E-state index contributed by atoms with van der Waals surface area (Å²) in [6.45, 7) is 1.69. The lowest BCUT2D eigenvalue weighted by Crippen LogP contribution is -2.30. The lowest BCUT2D eigenvalue weighted by atomic mass is 10.1. The van der Waals surface area contributed by atoms with Crippen LogP contribution in [0.5, 0.6) is 11.6 Å². The number of aromatic nitrogens is 1. The lowest BCUT2D eigenvalue weighted by Gasteiger charge is -2.32. The van der Waals surface area contributed by atoms with E-state index >= 15 is 0 Å². The number of nitrogens with one attached hydrogen (secondary N) is 1.